The molecule has 6 aliphatic rings. The van der Waals surface area contributed by atoms with Gasteiger partial charge in [-0.25, -0.2) is 0 Å². The molecule has 6 atom stereocenters. The summed E-state index contributed by atoms with van der Waals surface area (Å²) >= 11 is 0. The van der Waals surface area contributed by atoms with E-state index in [-0.39, 0.29) is 27.9 Å². The monoisotopic (exact) mass is 449 g/mol. The van der Waals surface area contributed by atoms with Gasteiger partial charge in [0, 0.05) is 40.5 Å². The van der Waals surface area contributed by atoms with E-state index in [1.54, 1.807) is 18.1 Å². The van der Waals surface area contributed by atoms with Gasteiger partial charge in [-0.15, -0.1) is 0 Å². The third-order valence-corrected chi connectivity index (χ3v) is 10.6. The number of nitrogens with zero attached hydrogens (tertiary/aromatic N) is 1. The zero-order chi connectivity index (χ0) is 22.6. The lowest BCUT2D eigenvalue weighted by Gasteiger charge is -2.76. The largest absolute Gasteiger partial charge is 0.486 e. The molecule has 5 heteroatoms. The van der Waals surface area contributed by atoms with E-state index in [9.17, 15) is 0 Å². The van der Waals surface area contributed by atoms with Gasteiger partial charge >= 0.3 is 0 Å². The number of likely N-dealkylation sites (tertiary alicyclic amines) is 1. The van der Waals surface area contributed by atoms with Gasteiger partial charge in [0.05, 0.1) is 25.7 Å². The van der Waals surface area contributed by atoms with Crippen LogP contribution in [0.15, 0.2) is 35.1 Å². The third kappa shape index (κ3) is 2.17. The summed E-state index contributed by atoms with van der Waals surface area (Å²) in [5, 5.41) is 0. The molecule has 4 bridgehead atoms. The summed E-state index contributed by atoms with van der Waals surface area (Å²) in [7, 11) is 4.26. The number of ether oxygens (including phenoxy) is 3. The minimum atomic E-state index is -0.355. The van der Waals surface area contributed by atoms with E-state index in [2.05, 4.69) is 37.9 Å². The van der Waals surface area contributed by atoms with E-state index >= 15 is 0 Å². The van der Waals surface area contributed by atoms with E-state index in [4.69, 9.17) is 18.6 Å². The van der Waals surface area contributed by atoms with Crippen molar-refractivity contribution in [3.8, 4) is 5.75 Å². The predicted molar refractivity (Wildman–Crippen MR) is 125 cm³/mol. The van der Waals surface area contributed by atoms with E-state index in [1.807, 2.05) is 13.2 Å². The van der Waals surface area contributed by atoms with Crippen molar-refractivity contribution < 1.29 is 18.6 Å². The molecule has 5 nitrogen and oxygen atoms in total. The number of hydrogen-bond donors (Lipinski definition) is 0. The summed E-state index contributed by atoms with van der Waals surface area (Å²) in [6, 6.07) is 7.18. The van der Waals surface area contributed by atoms with Gasteiger partial charge in [-0.1, -0.05) is 19.1 Å². The van der Waals surface area contributed by atoms with Gasteiger partial charge in [0.15, 0.2) is 0 Å². The van der Waals surface area contributed by atoms with Crippen molar-refractivity contribution in [1.82, 2.24) is 4.90 Å². The first-order valence-electron chi connectivity index (χ1n) is 12.5. The normalized spacial score (nSPS) is 42.3. The molecule has 2 aromatic rings. The van der Waals surface area contributed by atoms with Crippen molar-refractivity contribution in [3.05, 3.63) is 53.0 Å². The van der Waals surface area contributed by atoms with Crippen molar-refractivity contribution in [3.63, 3.8) is 0 Å². The van der Waals surface area contributed by atoms with Crippen molar-refractivity contribution in [1.29, 1.82) is 0 Å². The van der Waals surface area contributed by atoms with Crippen LogP contribution in [-0.4, -0.2) is 50.0 Å². The zero-order valence-electron chi connectivity index (χ0n) is 20.3. The second kappa shape index (κ2) is 6.44. The van der Waals surface area contributed by atoms with Gasteiger partial charge in [0.25, 0.3) is 0 Å². The van der Waals surface area contributed by atoms with Crippen LogP contribution in [0.1, 0.15) is 54.9 Å². The molecule has 0 amide bonds. The van der Waals surface area contributed by atoms with E-state index in [0.717, 1.165) is 43.5 Å². The molecule has 3 saturated carbocycles. The molecule has 8 rings (SSSR count). The Kier molecular flexibility index (Phi) is 4.01. The molecule has 1 aromatic carbocycles. The topological polar surface area (TPSA) is 44.1 Å². The molecule has 4 fully saturated rings. The van der Waals surface area contributed by atoms with Crippen LogP contribution in [0, 0.1) is 17.8 Å². The summed E-state index contributed by atoms with van der Waals surface area (Å²) in [6.45, 7) is 6.99. The summed E-state index contributed by atoms with van der Waals surface area (Å²) in [6.07, 6.45) is 9.19. The van der Waals surface area contributed by atoms with Gasteiger partial charge < -0.3 is 23.5 Å². The Bertz CT molecular complexity index is 1110. The minimum Gasteiger partial charge on any atom is -0.486 e. The Labute approximate surface area is 196 Å². The number of hydrogen-bond acceptors (Lipinski definition) is 5. The lowest BCUT2D eigenvalue weighted by Crippen LogP contribution is -2.83. The Hall–Kier alpha value is -1.82. The van der Waals surface area contributed by atoms with Gasteiger partial charge in [0.2, 0.25) is 0 Å². The fraction of sp³-hybridized carbons (Fsp3) is 0.643. The summed E-state index contributed by atoms with van der Waals surface area (Å²) in [5.41, 5.74) is 5.18. The highest BCUT2D eigenvalue weighted by Gasteiger charge is 2.82. The smallest absolute Gasteiger partial charge is 0.139 e. The Balaban J connectivity index is 1.38. The van der Waals surface area contributed by atoms with Crippen LogP contribution in [-0.2, 0) is 27.9 Å². The number of aryl methyl sites for hydroxylation is 1. The Morgan fingerprint density at radius 2 is 2.06 bits per heavy atom. The van der Waals surface area contributed by atoms with Crippen molar-refractivity contribution in [2.24, 2.45) is 10.8 Å². The molecule has 1 saturated heterocycles. The second-order valence-electron chi connectivity index (χ2n) is 11.8. The van der Waals surface area contributed by atoms with Crippen LogP contribution < -0.4 is 4.74 Å². The van der Waals surface area contributed by atoms with Crippen molar-refractivity contribution in [2.75, 3.05) is 27.3 Å². The lowest BCUT2D eigenvalue weighted by atomic mass is 9.32. The molecular formula is C28H35NO4. The highest BCUT2D eigenvalue weighted by molar-refractivity contribution is 5.61. The van der Waals surface area contributed by atoms with Crippen molar-refractivity contribution >= 4 is 0 Å². The number of likely N-dealkylation sites (N-methyl/N-ethyl adjacent to an activating group) is 1. The fourth-order valence-corrected chi connectivity index (χ4v) is 9.34. The van der Waals surface area contributed by atoms with Crippen LogP contribution in [0.3, 0.4) is 0 Å². The summed E-state index contributed by atoms with van der Waals surface area (Å²) in [5.74, 6) is 1.16. The van der Waals surface area contributed by atoms with Crippen LogP contribution in [0.25, 0.3) is 0 Å². The standard InChI is InChI=1S/C28H35NO4/c1-18-5-6-20-13-21-26-8-9-28(30-4,25(2,16-26)17-32-15-19-7-12-31-14-19)24-27(26,10-11-29(21)3)22(20)23(18)33-24/h5-7,12,14,21,24H,8-11,13,15-17H2,1-4H3/t21-,24-,25-,26-,27+,28?/m1/s1. The first-order valence-corrected chi connectivity index (χ1v) is 12.5. The van der Waals surface area contributed by atoms with Crippen LogP contribution in [0.5, 0.6) is 5.75 Å². The molecule has 0 N–H and O–H groups in total. The molecular weight excluding hydrogens is 414 g/mol. The van der Waals surface area contributed by atoms with Crippen molar-refractivity contribution in [2.45, 2.75) is 75.7 Å². The highest BCUT2D eigenvalue weighted by atomic mass is 16.6. The molecule has 33 heavy (non-hydrogen) atoms. The lowest BCUT2D eigenvalue weighted by molar-refractivity contribution is -0.313. The zero-order valence-corrected chi connectivity index (χ0v) is 20.3. The SMILES string of the molecule is COC12CC[C@@]3(C[C@]1(C)COCc1ccoc1)[C@H]1Cc4ccc(C)c5c4[C@@]3(CCN1C)[C@H]2O5. The minimum absolute atomic E-state index is 0.0476. The average molecular weight is 450 g/mol. The molecule has 2 aliphatic heterocycles. The van der Waals surface area contributed by atoms with Crippen LogP contribution in [0.2, 0.25) is 0 Å². The fourth-order valence-electron chi connectivity index (χ4n) is 9.34. The number of methoxy groups -OCH3 is 1. The van der Waals surface area contributed by atoms with E-state index in [0.29, 0.717) is 19.3 Å². The number of furan rings is 1. The van der Waals surface area contributed by atoms with Crippen LogP contribution in [0.4, 0.5) is 0 Å². The molecule has 0 radical (unpaired) electrons. The summed E-state index contributed by atoms with van der Waals surface area (Å²) in [4.78, 5) is 2.65. The second-order valence-corrected chi connectivity index (χ2v) is 11.8. The van der Waals surface area contributed by atoms with Gasteiger partial charge in [-0.05, 0) is 69.8 Å². The molecule has 2 spiro atoms. The van der Waals surface area contributed by atoms with Gasteiger partial charge in [0.1, 0.15) is 17.5 Å². The molecule has 1 aromatic heterocycles. The molecule has 3 heterocycles. The van der Waals surface area contributed by atoms with Crippen LogP contribution >= 0.6 is 0 Å². The predicted octanol–water partition coefficient (Wildman–Crippen LogP) is 4.64. The number of rotatable bonds is 5. The third-order valence-electron chi connectivity index (χ3n) is 10.6. The quantitative estimate of drug-likeness (QED) is 0.665. The number of benzene rings is 1. The number of fused-ring (bicyclic) bond motifs is 2. The first kappa shape index (κ1) is 20.5. The van der Waals surface area contributed by atoms with E-state index in [1.165, 1.54) is 17.5 Å². The maximum absolute atomic E-state index is 7.10. The average Bonchev–Trinajstić information content (AvgIpc) is 3.44. The summed E-state index contributed by atoms with van der Waals surface area (Å²) < 4.78 is 25.4. The Morgan fingerprint density at radius 3 is 2.85 bits per heavy atom. The maximum Gasteiger partial charge on any atom is 0.139 e. The van der Waals surface area contributed by atoms with Gasteiger partial charge in [-0.2, -0.15) is 0 Å². The highest BCUT2D eigenvalue weighted by Crippen LogP contribution is 2.78. The molecule has 1 unspecified atom stereocenters. The first-order chi connectivity index (χ1) is 15.9. The number of piperidine rings is 1. The maximum atomic E-state index is 7.10. The van der Waals surface area contributed by atoms with Gasteiger partial charge in [-0.3, -0.25) is 0 Å². The molecule has 176 valence electrons. The van der Waals surface area contributed by atoms with E-state index < -0.39 is 0 Å². The Morgan fingerprint density at radius 1 is 1.18 bits per heavy atom. The molecule has 4 aliphatic carbocycles.